The third kappa shape index (κ3) is 2.33. The first-order valence-corrected chi connectivity index (χ1v) is 7.79. The Morgan fingerprint density at radius 1 is 1.30 bits per heavy atom. The SMILES string of the molecule is CC1(C)[C@@H]2CC[C@]1(C)/C(=N\OC(=O)c1ccc([N+](=O)[O-])cc1)C2. The van der Waals surface area contributed by atoms with Crippen LogP contribution < -0.4 is 0 Å². The molecule has 23 heavy (non-hydrogen) atoms. The lowest BCUT2D eigenvalue weighted by atomic mass is 9.70. The zero-order valence-electron chi connectivity index (χ0n) is 13.5. The summed E-state index contributed by atoms with van der Waals surface area (Å²) in [6.45, 7) is 6.70. The highest BCUT2D eigenvalue weighted by molar-refractivity contribution is 5.95. The Morgan fingerprint density at radius 2 is 1.96 bits per heavy atom. The summed E-state index contributed by atoms with van der Waals surface area (Å²) in [7, 11) is 0. The van der Waals surface area contributed by atoms with Gasteiger partial charge >= 0.3 is 5.97 Å². The van der Waals surface area contributed by atoms with Gasteiger partial charge in [0.25, 0.3) is 5.69 Å². The first-order chi connectivity index (χ1) is 10.8. The van der Waals surface area contributed by atoms with Gasteiger partial charge in [-0.2, -0.15) is 0 Å². The monoisotopic (exact) mass is 316 g/mol. The number of non-ortho nitro benzene ring substituents is 1. The van der Waals surface area contributed by atoms with Gasteiger partial charge in [0.15, 0.2) is 0 Å². The molecular formula is C17H20N2O4. The summed E-state index contributed by atoms with van der Waals surface area (Å²) in [4.78, 5) is 27.3. The van der Waals surface area contributed by atoms with Crippen LogP contribution in [0.3, 0.4) is 0 Å². The molecule has 2 saturated carbocycles. The minimum Gasteiger partial charge on any atom is -0.313 e. The van der Waals surface area contributed by atoms with Crippen molar-refractivity contribution in [1.82, 2.24) is 0 Å². The van der Waals surface area contributed by atoms with Gasteiger partial charge in [0.05, 0.1) is 16.2 Å². The van der Waals surface area contributed by atoms with Gasteiger partial charge in [-0.1, -0.05) is 25.9 Å². The molecule has 2 aliphatic carbocycles. The first-order valence-electron chi connectivity index (χ1n) is 7.79. The average Bonchev–Trinajstić information content (AvgIpc) is 2.85. The highest BCUT2D eigenvalue weighted by atomic mass is 16.7. The van der Waals surface area contributed by atoms with Gasteiger partial charge in [-0.05, 0) is 42.7 Å². The number of oxime groups is 1. The van der Waals surface area contributed by atoms with Crippen LogP contribution in [-0.2, 0) is 4.84 Å². The van der Waals surface area contributed by atoms with Gasteiger partial charge in [-0.25, -0.2) is 4.79 Å². The Labute approximate surface area is 134 Å². The summed E-state index contributed by atoms with van der Waals surface area (Å²) in [5, 5.41) is 14.8. The van der Waals surface area contributed by atoms with E-state index in [1.54, 1.807) is 0 Å². The molecule has 0 N–H and O–H groups in total. The van der Waals surface area contributed by atoms with E-state index < -0.39 is 10.9 Å². The van der Waals surface area contributed by atoms with Gasteiger partial charge in [-0.15, -0.1) is 0 Å². The number of rotatable bonds is 3. The number of fused-ring (bicyclic) bond motifs is 2. The first kappa shape index (κ1) is 15.6. The Hall–Kier alpha value is -2.24. The molecule has 3 rings (SSSR count). The van der Waals surface area contributed by atoms with Crippen LogP contribution in [0.5, 0.6) is 0 Å². The number of carbonyl (C=O) groups excluding carboxylic acids is 1. The van der Waals surface area contributed by atoms with Crippen molar-refractivity contribution in [1.29, 1.82) is 0 Å². The van der Waals surface area contributed by atoms with Gasteiger partial charge in [0.1, 0.15) is 0 Å². The minimum absolute atomic E-state index is 0.0204. The zero-order chi connectivity index (χ0) is 16.8. The Balaban J connectivity index is 1.73. The third-order valence-electron chi connectivity index (χ3n) is 6.06. The van der Waals surface area contributed by atoms with E-state index in [9.17, 15) is 14.9 Å². The number of carbonyl (C=O) groups is 1. The van der Waals surface area contributed by atoms with E-state index in [1.807, 2.05) is 0 Å². The molecule has 0 heterocycles. The lowest BCUT2D eigenvalue weighted by Gasteiger charge is -2.34. The van der Waals surface area contributed by atoms with Gasteiger partial charge in [-0.3, -0.25) is 10.1 Å². The van der Waals surface area contributed by atoms with Crippen molar-refractivity contribution in [2.45, 2.75) is 40.0 Å². The second-order valence-electron chi connectivity index (χ2n) is 7.21. The van der Waals surface area contributed by atoms with Gasteiger partial charge < -0.3 is 4.84 Å². The summed E-state index contributed by atoms with van der Waals surface area (Å²) in [6.07, 6.45) is 3.13. The molecule has 0 saturated heterocycles. The van der Waals surface area contributed by atoms with E-state index in [1.165, 1.54) is 30.7 Å². The third-order valence-corrected chi connectivity index (χ3v) is 6.06. The van der Waals surface area contributed by atoms with Crippen LogP contribution in [0.25, 0.3) is 0 Å². The second-order valence-corrected chi connectivity index (χ2v) is 7.21. The van der Waals surface area contributed by atoms with Crippen LogP contribution in [0.4, 0.5) is 5.69 Å². The Bertz CT molecular complexity index is 693. The number of nitro benzene ring substituents is 1. The highest BCUT2D eigenvalue weighted by Gasteiger charge is 2.60. The average molecular weight is 316 g/mol. The fourth-order valence-corrected chi connectivity index (χ4v) is 3.93. The summed E-state index contributed by atoms with van der Waals surface area (Å²) in [5.74, 6) is 0.000837. The van der Waals surface area contributed by atoms with E-state index in [0.29, 0.717) is 5.92 Å². The van der Waals surface area contributed by atoms with Crippen LogP contribution in [0, 0.1) is 26.9 Å². The van der Waals surface area contributed by atoms with Gasteiger partial charge in [0.2, 0.25) is 0 Å². The van der Waals surface area contributed by atoms with E-state index in [2.05, 4.69) is 25.9 Å². The van der Waals surface area contributed by atoms with Crippen molar-refractivity contribution in [3.8, 4) is 0 Å². The van der Waals surface area contributed by atoms with E-state index in [-0.39, 0.29) is 22.1 Å². The number of nitrogens with zero attached hydrogens (tertiary/aromatic N) is 2. The smallest absolute Gasteiger partial charge is 0.313 e. The van der Waals surface area contributed by atoms with Crippen LogP contribution in [-0.4, -0.2) is 16.6 Å². The molecule has 6 nitrogen and oxygen atoms in total. The number of hydrogen-bond acceptors (Lipinski definition) is 5. The van der Waals surface area contributed by atoms with Crippen LogP contribution in [0.15, 0.2) is 29.4 Å². The Kier molecular flexibility index (Phi) is 3.50. The second kappa shape index (κ2) is 5.15. The van der Waals surface area contributed by atoms with Gasteiger partial charge in [0, 0.05) is 17.5 Å². The van der Waals surface area contributed by atoms with Crippen molar-refractivity contribution >= 4 is 17.4 Å². The molecule has 2 atom stereocenters. The molecule has 1 aromatic rings. The summed E-state index contributed by atoms with van der Waals surface area (Å²) < 4.78 is 0. The fraction of sp³-hybridized carbons (Fsp3) is 0.529. The molecule has 0 radical (unpaired) electrons. The fourth-order valence-electron chi connectivity index (χ4n) is 3.93. The molecule has 0 spiro atoms. The van der Waals surface area contributed by atoms with Crippen LogP contribution in [0.2, 0.25) is 0 Å². The molecule has 6 heteroatoms. The molecule has 0 aromatic heterocycles. The predicted molar refractivity (Wildman–Crippen MR) is 85.2 cm³/mol. The largest absolute Gasteiger partial charge is 0.365 e. The molecular weight excluding hydrogens is 296 g/mol. The Morgan fingerprint density at radius 3 is 2.43 bits per heavy atom. The molecule has 0 unspecified atom stereocenters. The standard InChI is InChI=1S/C17H20N2O4/c1-16(2)12-8-9-17(16,3)14(10-12)18-23-15(20)11-4-6-13(7-5-11)19(21)22/h4-7,12H,8-10H2,1-3H3/b18-14-/t12-,17-/m1/s1. The maximum absolute atomic E-state index is 12.1. The van der Waals surface area contributed by atoms with E-state index >= 15 is 0 Å². The van der Waals surface area contributed by atoms with Crippen LogP contribution >= 0.6 is 0 Å². The number of nitro groups is 1. The van der Waals surface area contributed by atoms with Crippen molar-refractivity contribution in [3.63, 3.8) is 0 Å². The maximum Gasteiger partial charge on any atom is 0.365 e. The van der Waals surface area contributed by atoms with Crippen LogP contribution in [0.1, 0.15) is 50.4 Å². The molecule has 0 amide bonds. The number of hydrogen-bond donors (Lipinski definition) is 0. The summed E-state index contributed by atoms with van der Waals surface area (Å²) >= 11 is 0. The number of benzene rings is 1. The van der Waals surface area contributed by atoms with Crippen molar-refractivity contribution in [2.24, 2.45) is 21.9 Å². The normalized spacial score (nSPS) is 29.7. The molecule has 2 aliphatic rings. The molecule has 0 aliphatic heterocycles. The van der Waals surface area contributed by atoms with Crippen molar-refractivity contribution in [3.05, 3.63) is 39.9 Å². The lowest BCUT2D eigenvalue weighted by molar-refractivity contribution is -0.384. The summed E-state index contributed by atoms with van der Waals surface area (Å²) in [6, 6.07) is 5.33. The molecule has 2 bridgehead atoms. The van der Waals surface area contributed by atoms with E-state index in [0.717, 1.165) is 18.6 Å². The van der Waals surface area contributed by atoms with Crippen molar-refractivity contribution in [2.75, 3.05) is 0 Å². The summed E-state index contributed by atoms with van der Waals surface area (Å²) in [5.41, 5.74) is 1.30. The molecule has 2 fully saturated rings. The quantitative estimate of drug-likeness (QED) is 0.480. The minimum atomic E-state index is -0.587. The highest BCUT2D eigenvalue weighted by Crippen LogP contribution is 2.63. The van der Waals surface area contributed by atoms with E-state index in [4.69, 9.17) is 4.84 Å². The zero-order valence-corrected chi connectivity index (χ0v) is 13.5. The maximum atomic E-state index is 12.1. The topological polar surface area (TPSA) is 81.8 Å². The lowest BCUT2D eigenvalue weighted by Crippen LogP contribution is -2.32. The van der Waals surface area contributed by atoms with Crippen molar-refractivity contribution < 1.29 is 14.6 Å². The molecule has 1 aromatic carbocycles. The molecule has 122 valence electrons. The predicted octanol–water partition coefficient (Wildman–Crippen LogP) is 3.95.